The largest absolute Gasteiger partial charge is 0.508 e. The van der Waals surface area contributed by atoms with Crippen molar-refractivity contribution in [3.05, 3.63) is 55.6 Å². The average molecular weight is 236 g/mol. The number of phenolic OH excluding ortho intramolecular Hbond substituents is 1. The molecule has 17 heavy (non-hydrogen) atoms. The predicted octanol–water partition coefficient (Wildman–Crippen LogP) is 3.97. The van der Waals surface area contributed by atoms with Crippen LogP contribution in [0.15, 0.2) is 50.1 Å². The first kappa shape index (κ1) is 17.8. The third-order valence-electron chi connectivity index (χ3n) is 1.76. The molecule has 1 aromatic carbocycles. The van der Waals surface area contributed by atoms with E-state index in [1.165, 1.54) is 0 Å². The molecule has 0 fully saturated rings. The van der Waals surface area contributed by atoms with Crippen molar-refractivity contribution in [2.75, 3.05) is 13.2 Å². The third kappa shape index (κ3) is 10.7. The quantitative estimate of drug-likeness (QED) is 0.802. The van der Waals surface area contributed by atoms with Crippen LogP contribution < -0.4 is 0 Å². The molecular formula is C15H24O2. The van der Waals surface area contributed by atoms with Gasteiger partial charge in [-0.25, -0.2) is 0 Å². The van der Waals surface area contributed by atoms with Gasteiger partial charge in [0.15, 0.2) is 0 Å². The molecule has 0 saturated carbocycles. The molecule has 0 spiro atoms. The summed E-state index contributed by atoms with van der Waals surface area (Å²) in [6.07, 6.45) is 2.50. The Balaban J connectivity index is 0. The van der Waals surface area contributed by atoms with E-state index in [-0.39, 0.29) is 0 Å². The molecule has 0 atom stereocenters. The van der Waals surface area contributed by atoms with E-state index in [9.17, 15) is 5.11 Å². The molecule has 0 aliphatic heterocycles. The van der Waals surface area contributed by atoms with Crippen molar-refractivity contribution in [1.29, 1.82) is 0 Å². The van der Waals surface area contributed by atoms with Gasteiger partial charge in [0.2, 0.25) is 0 Å². The number of hydrogen-bond donors (Lipinski definition) is 1. The molecule has 1 N–H and O–H groups in total. The van der Waals surface area contributed by atoms with E-state index in [0.717, 1.165) is 25.2 Å². The summed E-state index contributed by atoms with van der Waals surface area (Å²) in [5.41, 5.74) is 0.928. The van der Waals surface area contributed by atoms with Gasteiger partial charge in [0, 0.05) is 13.2 Å². The van der Waals surface area contributed by atoms with Gasteiger partial charge in [-0.05, 0) is 31.9 Å². The molecular weight excluding hydrogens is 212 g/mol. The zero-order valence-corrected chi connectivity index (χ0v) is 11.0. The summed E-state index contributed by atoms with van der Waals surface area (Å²) in [5.74, 6) is 0.349. The summed E-state index contributed by atoms with van der Waals surface area (Å²) in [7, 11) is 0. The lowest BCUT2D eigenvalue weighted by molar-refractivity contribution is 0.162. The maximum atomic E-state index is 9.19. The first-order valence-electron chi connectivity index (χ1n) is 5.71. The van der Waals surface area contributed by atoms with Crippen LogP contribution in [0.3, 0.4) is 0 Å². The minimum Gasteiger partial charge on any atom is -0.508 e. The van der Waals surface area contributed by atoms with E-state index in [1.54, 1.807) is 12.1 Å². The third-order valence-corrected chi connectivity index (χ3v) is 1.76. The Labute approximate surface area is 105 Å². The van der Waals surface area contributed by atoms with E-state index in [4.69, 9.17) is 4.74 Å². The summed E-state index contributed by atoms with van der Waals surface area (Å²) in [5, 5.41) is 9.19. The molecule has 2 nitrogen and oxygen atoms in total. The molecule has 1 rings (SSSR count). The van der Waals surface area contributed by atoms with Crippen molar-refractivity contribution >= 4 is 0 Å². The van der Waals surface area contributed by atoms with E-state index in [1.807, 2.05) is 32.0 Å². The van der Waals surface area contributed by atoms with Gasteiger partial charge in [-0.2, -0.15) is 0 Å². The van der Waals surface area contributed by atoms with Crippen LogP contribution in [0.1, 0.15) is 19.4 Å². The maximum Gasteiger partial charge on any atom is 0.119 e. The standard InChI is InChI=1S/C9H10O.C4H10O.C2H4/c1-2-5-8-6-3-4-7-9(8)10;1-3-5-4-2;1-2/h2-4,6-7,10H,1,5H2;3-4H2,1-2H3;1-2H2. The van der Waals surface area contributed by atoms with E-state index in [0.29, 0.717) is 5.75 Å². The Bertz CT molecular complexity index is 280. The molecule has 0 heterocycles. The monoisotopic (exact) mass is 236 g/mol. The number of aromatic hydroxyl groups is 1. The number of ether oxygens (including phenoxy) is 1. The maximum absolute atomic E-state index is 9.19. The minimum absolute atomic E-state index is 0.349. The summed E-state index contributed by atoms with van der Waals surface area (Å²) >= 11 is 0. The molecule has 1 aromatic rings. The van der Waals surface area contributed by atoms with Crippen LogP contribution in [-0.2, 0) is 11.2 Å². The van der Waals surface area contributed by atoms with Gasteiger partial charge in [0.05, 0.1) is 0 Å². The lowest BCUT2D eigenvalue weighted by Crippen LogP contribution is -1.84. The number of hydrogen-bond acceptors (Lipinski definition) is 2. The van der Waals surface area contributed by atoms with Crippen molar-refractivity contribution < 1.29 is 9.84 Å². The second-order valence-corrected chi connectivity index (χ2v) is 2.90. The molecule has 0 unspecified atom stereocenters. The highest BCUT2D eigenvalue weighted by Crippen LogP contribution is 2.15. The second-order valence-electron chi connectivity index (χ2n) is 2.90. The van der Waals surface area contributed by atoms with Gasteiger partial charge in [-0.15, -0.1) is 19.7 Å². The summed E-state index contributed by atoms with van der Waals surface area (Å²) in [6.45, 7) is 15.3. The van der Waals surface area contributed by atoms with Crippen LogP contribution in [0, 0.1) is 0 Å². The zero-order valence-electron chi connectivity index (χ0n) is 11.0. The Morgan fingerprint density at radius 2 is 1.71 bits per heavy atom. The Morgan fingerprint density at radius 3 is 2.06 bits per heavy atom. The smallest absolute Gasteiger partial charge is 0.119 e. The minimum atomic E-state index is 0.349. The number of para-hydroxylation sites is 1. The highest BCUT2D eigenvalue weighted by Gasteiger charge is 1.93. The fourth-order valence-corrected chi connectivity index (χ4v) is 1.04. The van der Waals surface area contributed by atoms with Gasteiger partial charge >= 0.3 is 0 Å². The fourth-order valence-electron chi connectivity index (χ4n) is 1.04. The summed E-state index contributed by atoms with van der Waals surface area (Å²) in [6, 6.07) is 7.27. The number of benzene rings is 1. The number of allylic oxidation sites excluding steroid dienone is 1. The molecule has 0 amide bonds. The molecule has 0 saturated heterocycles. The average Bonchev–Trinajstić information content (AvgIpc) is 2.37. The summed E-state index contributed by atoms with van der Waals surface area (Å²) < 4.78 is 4.83. The van der Waals surface area contributed by atoms with E-state index in [2.05, 4.69) is 19.7 Å². The zero-order chi connectivity index (χ0) is 13.5. The van der Waals surface area contributed by atoms with E-state index >= 15 is 0 Å². The van der Waals surface area contributed by atoms with Crippen LogP contribution in [0.25, 0.3) is 0 Å². The number of rotatable bonds is 4. The van der Waals surface area contributed by atoms with Crippen molar-refractivity contribution in [2.24, 2.45) is 0 Å². The predicted molar refractivity (Wildman–Crippen MR) is 75.4 cm³/mol. The highest BCUT2D eigenvalue weighted by molar-refractivity contribution is 5.32. The number of phenols is 1. The first-order valence-corrected chi connectivity index (χ1v) is 5.71. The highest BCUT2D eigenvalue weighted by atomic mass is 16.5. The molecule has 2 heteroatoms. The van der Waals surface area contributed by atoms with Gasteiger partial charge in [-0.1, -0.05) is 24.3 Å². The lowest BCUT2D eigenvalue weighted by Gasteiger charge is -1.97. The molecule has 0 radical (unpaired) electrons. The van der Waals surface area contributed by atoms with Gasteiger partial charge < -0.3 is 9.84 Å². The second kappa shape index (κ2) is 14.5. The van der Waals surface area contributed by atoms with Crippen LogP contribution >= 0.6 is 0 Å². The van der Waals surface area contributed by atoms with Crippen LogP contribution in [0.5, 0.6) is 5.75 Å². The topological polar surface area (TPSA) is 29.5 Å². The van der Waals surface area contributed by atoms with Crippen molar-refractivity contribution in [3.63, 3.8) is 0 Å². The van der Waals surface area contributed by atoms with Gasteiger partial charge in [-0.3, -0.25) is 0 Å². The lowest BCUT2D eigenvalue weighted by atomic mass is 10.1. The molecule has 0 aliphatic carbocycles. The Hall–Kier alpha value is -1.54. The van der Waals surface area contributed by atoms with Crippen LogP contribution in [0.4, 0.5) is 0 Å². The summed E-state index contributed by atoms with van der Waals surface area (Å²) in [4.78, 5) is 0. The molecule has 0 aliphatic rings. The fraction of sp³-hybridized carbons (Fsp3) is 0.333. The van der Waals surface area contributed by atoms with Crippen LogP contribution in [-0.4, -0.2) is 18.3 Å². The van der Waals surface area contributed by atoms with Crippen molar-refractivity contribution in [2.45, 2.75) is 20.3 Å². The van der Waals surface area contributed by atoms with E-state index < -0.39 is 0 Å². The first-order chi connectivity index (χ1) is 8.26. The molecule has 96 valence electrons. The van der Waals surface area contributed by atoms with Crippen molar-refractivity contribution in [3.8, 4) is 5.75 Å². The Kier molecular flexibility index (Phi) is 15.2. The molecule has 0 aromatic heterocycles. The SMILES string of the molecule is C=C.C=CCc1ccccc1O.CCOCC. The Morgan fingerprint density at radius 1 is 1.18 bits per heavy atom. The van der Waals surface area contributed by atoms with Crippen LogP contribution in [0.2, 0.25) is 0 Å². The van der Waals surface area contributed by atoms with Gasteiger partial charge in [0.25, 0.3) is 0 Å². The normalized spacial score (nSPS) is 8.12. The van der Waals surface area contributed by atoms with Gasteiger partial charge in [0.1, 0.15) is 5.75 Å². The van der Waals surface area contributed by atoms with Crippen molar-refractivity contribution in [1.82, 2.24) is 0 Å². The molecule has 0 bridgehead atoms.